The number of β-lactam (4-membered cyclic amide) rings is 1. The van der Waals surface area contributed by atoms with Crippen molar-refractivity contribution in [3.8, 4) is 0 Å². The van der Waals surface area contributed by atoms with Crippen LogP contribution < -0.4 is 5.73 Å². The summed E-state index contributed by atoms with van der Waals surface area (Å²) in [4.78, 5) is 10.9. The van der Waals surface area contributed by atoms with Gasteiger partial charge in [-0.25, -0.2) is 4.31 Å². The van der Waals surface area contributed by atoms with Gasteiger partial charge in [0.1, 0.15) is 6.04 Å². The van der Waals surface area contributed by atoms with Gasteiger partial charge < -0.3 is 5.73 Å². The number of carbonyl (C=O) groups excluding carboxylic acids is 1. The van der Waals surface area contributed by atoms with Gasteiger partial charge in [-0.1, -0.05) is 0 Å². The molecule has 12 heavy (non-hydrogen) atoms. The van der Waals surface area contributed by atoms with Crippen molar-refractivity contribution >= 4 is 16.2 Å². The van der Waals surface area contributed by atoms with Crippen LogP contribution in [0.1, 0.15) is 13.8 Å². The Labute approximate surface area is 70.2 Å². The summed E-state index contributed by atoms with van der Waals surface area (Å²) in [6.07, 6.45) is 0. The summed E-state index contributed by atoms with van der Waals surface area (Å²) in [5, 5.41) is 0. The lowest BCUT2D eigenvalue weighted by Crippen LogP contribution is -2.76. The van der Waals surface area contributed by atoms with Crippen molar-refractivity contribution in [1.29, 1.82) is 0 Å². The van der Waals surface area contributed by atoms with E-state index in [-0.39, 0.29) is 0 Å². The lowest BCUT2D eigenvalue weighted by Gasteiger charge is -2.49. The third kappa shape index (κ3) is 1.01. The van der Waals surface area contributed by atoms with Crippen molar-refractivity contribution in [2.75, 3.05) is 0 Å². The van der Waals surface area contributed by atoms with Gasteiger partial charge in [-0.15, -0.1) is 0 Å². The van der Waals surface area contributed by atoms with E-state index in [1.54, 1.807) is 0 Å². The normalized spacial score (nSPS) is 28.5. The minimum absolute atomic E-state index is 0.380. The molecule has 0 aromatic heterocycles. The summed E-state index contributed by atoms with van der Waals surface area (Å²) in [7, 11) is -4.45. The Balaban J connectivity index is 3.05. The third-order valence-corrected chi connectivity index (χ3v) is 3.09. The quantitative estimate of drug-likeness (QED) is 0.400. The predicted molar refractivity (Wildman–Crippen MR) is 40.4 cm³/mol. The van der Waals surface area contributed by atoms with Gasteiger partial charge in [0.05, 0.1) is 5.54 Å². The van der Waals surface area contributed by atoms with E-state index in [1.165, 1.54) is 13.8 Å². The number of nitrogens with two attached hydrogens (primary N) is 1. The molecule has 0 aromatic carbocycles. The maximum absolute atomic E-state index is 10.9. The molecule has 1 rings (SSSR count). The summed E-state index contributed by atoms with van der Waals surface area (Å²) in [5.41, 5.74) is 4.30. The average molecular weight is 194 g/mol. The highest BCUT2D eigenvalue weighted by Gasteiger charge is 2.57. The minimum atomic E-state index is -4.45. The molecule has 7 heteroatoms. The highest BCUT2D eigenvalue weighted by atomic mass is 32.2. The Bertz CT molecular complexity index is 320. The zero-order valence-electron chi connectivity index (χ0n) is 6.68. The second-order valence-electron chi connectivity index (χ2n) is 3.21. The molecule has 1 atom stereocenters. The molecule has 0 unspecified atom stereocenters. The van der Waals surface area contributed by atoms with Crippen LogP contribution in [0, 0.1) is 0 Å². The molecule has 0 radical (unpaired) electrons. The van der Waals surface area contributed by atoms with Gasteiger partial charge in [-0.05, 0) is 13.8 Å². The molecule has 1 heterocycles. The van der Waals surface area contributed by atoms with Gasteiger partial charge in [0.15, 0.2) is 0 Å². The zero-order valence-corrected chi connectivity index (χ0v) is 7.50. The lowest BCUT2D eigenvalue weighted by atomic mass is 9.86. The van der Waals surface area contributed by atoms with Crippen LogP contribution in [-0.4, -0.2) is 34.8 Å². The Hall–Kier alpha value is -0.660. The first kappa shape index (κ1) is 9.43. The summed E-state index contributed by atoms with van der Waals surface area (Å²) < 4.78 is 30.1. The van der Waals surface area contributed by atoms with E-state index in [4.69, 9.17) is 10.3 Å². The fourth-order valence-corrected chi connectivity index (χ4v) is 2.23. The number of nitrogens with zero attached hydrogens (tertiary/aromatic N) is 1. The molecule has 1 aliphatic rings. The van der Waals surface area contributed by atoms with Crippen molar-refractivity contribution in [2.24, 2.45) is 5.73 Å². The van der Waals surface area contributed by atoms with Gasteiger partial charge in [-0.2, -0.15) is 8.42 Å². The molecule has 1 amide bonds. The van der Waals surface area contributed by atoms with Crippen molar-refractivity contribution in [2.45, 2.75) is 25.4 Å². The predicted octanol–water partition coefficient (Wildman–Crippen LogP) is -1.26. The molecule has 1 saturated heterocycles. The van der Waals surface area contributed by atoms with Crippen molar-refractivity contribution in [1.82, 2.24) is 4.31 Å². The van der Waals surface area contributed by atoms with Crippen molar-refractivity contribution in [3.05, 3.63) is 0 Å². The standard InChI is InChI=1S/C5H10N2O4S/c1-5(2)3(6)4(8)7(5)12(9,10)11/h3H,6H2,1-2H3,(H,9,10,11)/t3-/m1/s1. The number of rotatable bonds is 1. The maximum atomic E-state index is 10.9. The highest BCUT2D eigenvalue weighted by molar-refractivity contribution is 7.84. The number of hydrogen-bond donors (Lipinski definition) is 2. The van der Waals surface area contributed by atoms with Gasteiger partial charge in [-0.3, -0.25) is 9.35 Å². The molecule has 0 aromatic rings. The largest absolute Gasteiger partial charge is 0.362 e. The molecule has 0 saturated carbocycles. The second-order valence-corrected chi connectivity index (χ2v) is 4.47. The lowest BCUT2D eigenvalue weighted by molar-refractivity contribution is -0.146. The third-order valence-electron chi connectivity index (χ3n) is 1.98. The Morgan fingerprint density at radius 3 is 2.17 bits per heavy atom. The minimum Gasteiger partial charge on any atom is -0.318 e. The summed E-state index contributed by atoms with van der Waals surface area (Å²) in [5.74, 6) is -0.775. The van der Waals surface area contributed by atoms with Gasteiger partial charge in [0.25, 0.3) is 5.91 Å². The van der Waals surface area contributed by atoms with Gasteiger partial charge >= 0.3 is 10.3 Å². The van der Waals surface area contributed by atoms with E-state index in [2.05, 4.69) is 0 Å². The van der Waals surface area contributed by atoms with E-state index in [1.807, 2.05) is 0 Å². The number of amides is 1. The highest BCUT2D eigenvalue weighted by Crippen LogP contribution is 2.32. The zero-order chi connectivity index (χ0) is 9.73. The van der Waals surface area contributed by atoms with Crippen LogP contribution in [0.15, 0.2) is 0 Å². The molecule has 70 valence electrons. The number of hydrogen-bond acceptors (Lipinski definition) is 4. The van der Waals surface area contributed by atoms with E-state index in [9.17, 15) is 13.2 Å². The van der Waals surface area contributed by atoms with Gasteiger partial charge in [0, 0.05) is 0 Å². The Morgan fingerprint density at radius 2 is 2.00 bits per heavy atom. The van der Waals surface area contributed by atoms with Crippen LogP contribution in [0.4, 0.5) is 0 Å². The monoisotopic (exact) mass is 194 g/mol. The molecule has 0 spiro atoms. The molecule has 6 nitrogen and oxygen atoms in total. The Kier molecular flexibility index (Phi) is 1.71. The fourth-order valence-electron chi connectivity index (χ4n) is 1.18. The van der Waals surface area contributed by atoms with Gasteiger partial charge in [0.2, 0.25) is 0 Å². The second kappa shape index (κ2) is 2.18. The van der Waals surface area contributed by atoms with E-state index in [0.29, 0.717) is 4.31 Å². The number of carbonyl (C=O) groups is 1. The first-order valence-electron chi connectivity index (χ1n) is 3.26. The molecule has 1 fully saturated rings. The topological polar surface area (TPSA) is 101 Å². The van der Waals surface area contributed by atoms with Crippen LogP contribution >= 0.6 is 0 Å². The van der Waals surface area contributed by atoms with Crippen LogP contribution in [-0.2, 0) is 15.1 Å². The Morgan fingerprint density at radius 1 is 1.58 bits per heavy atom. The molecular weight excluding hydrogens is 184 g/mol. The molecule has 1 aliphatic heterocycles. The SMILES string of the molecule is CC1(C)[C@H](N)C(=O)N1S(=O)(=O)O. The maximum Gasteiger partial charge on any atom is 0.362 e. The van der Waals surface area contributed by atoms with E-state index < -0.39 is 27.8 Å². The van der Waals surface area contributed by atoms with Crippen LogP contribution in [0.25, 0.3) is 0 Å². The van der Waals surface area contributed by atoms with Crippen LogP contribution in [0.3, 0.4) is 0 Å². The molecule has 0 bridgehead atoms. The van der Waals surface area contributed by atoms with E-state index >= 15 is 0 Å². The molecule has 3 N–H and O–H groups in total. The van der Waals surface area contributed by atoms with E-state index in [0.717, 1.165) is 0 Å². The smallest absolute Gasteiger partial charge is 0.318 e. The first-order valence-corrected chi connectivity index (χ1v) is 4.66. The van der Waals surface area contributed by atoms with Crippen LogP contribution in [0.2, 0.25) is 0 Å². The average Bonchev–Trinajstić information content (AvgIpc) is 1.83. The first-order chi connectivity index (χ1) is 5.19. The summed E-state index contributed by atoms with van der Waals surface area (Å²) in [6, 6.07) is -0.862. The molecule has 0 aliphatic carbocycles. The summed E-state index contributed by atoms with van der Waals surface area (Å²) in [6.45, 7) is 2.93. The molecular formula is C5H10N2O4S. The van der Waals surface area contributed by atoms with Crippen molar-refractivity contribution in [3.63, 3.8) is 0 Å². The fraction of sp³-hybridized carbons (Fsp3) is 0.800. The van der Waals surface area contributed by atoms with Crippen LogP contribution in [0.5, 0.6) is 0 Å². The van der Waals surface area contributed by atoms with Crippen molar-refractivity contribution < 1.29 is 17.8 Å². The summed E-state index contributed by atoms with van der Waals surface area (Å²) >= 11 is 0.